The second kappa shape index (κ2) is 7.18. The number of anilines is 2. The topological polar surface area (TPSA) is 101 Å². The molecule has 0 spiro atoms. The van der Waals surface area contributed by atoms with Gasteiger partial charge in [0, 0.05) is 12.1 Å². The van der Waals surface area contributed by atoms with Crippen molar-refractivity contribution in [2.75, 3.05) is 14.8 Å². The van der Waals surface area contributed by atoms with Gasteiger partial charge in [-0.3, -0.25) is 9.52 Å². The summed E-state index contributed by atoms with van der Waals surface area (Å²) >= 11 is 5.51. The van der Waals surface area contributed by atoms with E-state index in [1.165, 1.54) is 0 Å². The van der Waals surface area contributed by atoms with Crippen LogP contribution in [0.4, 0.5) is 24.5 Å². The number of hydrogen-bond acceptors (Lipinski definition) is 5. The molecule has 1 N–H and O–H groups in total. The van der Waals surface area contributed by atoms with Gasteiger partial charge < -0.3 is 0 Å². The fraction of sp³-hybridized carbons (Fsp3) is 0.188. The van der Waals surface area contributed by atoms with Crippen LogP contribution in [0.25, 0.3) is 0 Å². The number of rotatable bonds is 4. The molecule has 29 heavy (non-hydrogen) atoms. The third-order valence-electron chi connectivity index (χ3n) is 3.98. The van der Waals surface area contributed by atoms with Crippen molar-refractivity contribution in [3.05, 3.63) is 53.1 Å². The molecule has 1 aliphatic rings. The minimum Gasteiger partial charge on any atom is -0.280 e. The zero-order valence-electron chi connectivity index (χ0n) is 14.3. The largest absolute Gasteiger partial charge is 0.417 e. The summed E-state index contributed by atoms with van der Waals surface area (Å²) in [5.74, 6) is -0.981. The van der Waals surface area contributed by atoms with E-state index in [2.05, 4.69) is 0 Å². The van der Waals surface area contributed by atoms with E-state index in [4.69, 9.17) is 11.6 Å². The Hall–Kier alpha value is -2.31. The van der Waals surface area contributed by atoms with Crippen LogP contribution in [-0.4, -0.2) is 28.5 Å². The molecule has 0 aliphatic carbocycles. The van der Waals surface area contributed by atoms with Crippen molar-refractivity contribution in [2.24, 2.45) is 0 Å². The van der Waals surface area contributed by atoms with Gasteiger partial charge in [0.05, 0.1) is 26.9 Å². The number of carbonyl (C=O) groups excluding carboxylic acids is 1. The summed E-state index contributed by atoms with van der Waals surface area (Å²) in [7, 11) is -8.09. The molecule has 0 bridgehead atoms. The van der Waals surface area contributed by atoms with E-state index in [9.17, 15) is 34.8 Å². The first-order valence-corrected chi connectivity index (χ1v) is 11.3. The van der Waals surface area contributed by atoms with Crippen LogP contribution < -0.4 is 9.03 Å². The number of sulfonamides is 2. The summed E-state index contributed by atoms with van der Waals surface area (Å²) in [5.41, 5.74) is -1.59. The molecule has 1 saturated heterocycles. The lowest BCUT2D eigenvalue weighted by Gasteiger charge is -2.16. The average Bonchev–Trinajstić information content (AvgIpc) is 2.88. The quantitative estimate of drug-likeness (QED) is 0.742. The average molecular weight is 469 g/mol. The van der Waals surface area contributed by atoms with E-state index in [0.717, 1.165) is 36.4 Å². The molecule has 0 atom stereocenters. The maximum absolute atomic E-state index is 12.9. The highest BCUT2D eigenvalue weighted by molar-refractivity contribution is 7.94. The highest BCUT2D eigenvalue weighted by atomic mass is 35.5. The van der Waals surface area contributed by atoms with Crippen LogP contribution in [-0.2, 0) is 31.0 Å². The molecule has 3 rings (SSSR count). The van der Waals surface area contributed by atoms with Gasteiger partial charge in [-0.05, 0) is 42.5 Å². The van der Waals surface area contributed by atoms with Crippen molar-refractivity contribution in [3.63, 3.8) is 0 Å². The fourth-order valence-electron chi connectivity index (χ4n) is 2.65. The molecule has 0 radical (unpaired) electrons. The molecule has 1 heterocycles. The van der Waals surface area contributed by atoms with E-state index < -0.39 is 42.7 Å². The van der Waals surface area contributed by atoms with Crippen LogP contribution >= 0.6 is 11.6 Å². The van der Waals surface area contributed by atoms with Crippen LogP contribution in [0.3, 0.4) is 0 Å². The third-order valence-corrected chi connectivity index (χ3v) is 7.40. The minimum atomic E-state index is -4.77. The maximum atomic E-state index is 12.9. The van der Waals surface area contributed by atoms with Gasteiger partial charge in [0.2, 0.25) is 15.9 Å². The van der Waals surface area contributed by atoms with E-state index in [1.54, 1.807) is 0 Å². The minimum absolute atomic E-state index is 0.0303. The lowest BCUT2D eigenvalue weighted by molar-refractivity contribution is -0.137. The molecule has 13 heteroatoms. The molecular formula is C16H12ClF3N2O5S2. The van der Waals surface area contributed by atoms with E-state index in [1.807, 2.05) is 4.72 Å². The monoisotopic (exact) mass is 468 g/mol. The fourth-order valence-corrected chi connectivity index (χ4v) is 5.38. The van der Waals surface area contributed by atoms with Gasteiger partial charge in [0.1, 0.15) is 0 Å². The molecule has 1 amide bonds. The van der Waals surface area contributed by atoms with E-state index in [-0.39, 0.29) is 28.4 Å². The number of nitrogens with one attached hydrogen (secondary N) is 1. The smallest absolute Gasteiger partial charge is 0.280 e. The second-order valence-electron chi connectivity index (χ2n) is 6.02. The van der Waals surface area contributed by atoms with Crippen molar-refractivity contribution in [3.8, 4) is 0 Å². The molecule has 0 aromatic heterocycles. The molecule has 0 unspecified atom stereocenters. The number of benzene rings is 2. The predicted molar refractivity (Wildman–Crippen MR) is 99.6 cm³/mol. The van der Waals surface area contributed by atoms with Gasteiger partial charge in [0.25, 0.3) is 10.0 Å². The summed E-state index contributed by atoms with van der Waals surface area (Å²) in [6.07, 6.45) is -4.95. The zero-order valence-corrected chi connectivity index (χ0v) is 16.7. The SMILES string of the molecule is O=C1CCS(=O)(=O)N1c1ccc(S(=O)(=O)Nc2ccc(Cl)c(C(F)(F)F)c2)cc1. The highest BCUT2D eigenvalue weighted by Crippen LogP contribution is 2.36. The molecule has 1 fully saturated rings. The molecule has 2 aromatic rings. The van der Waals surface area contributed by atoms with Crippen LogP contribution in [0.15, 0.2) is 47.4 Å². The number of nitrogens with zero attached hydrogens (tertiary/aromatic N) is 1. The normalized spacial score (nSPS) is 16.8. The Kier molecular flexibility index (Phi) is 5.30. The zero-order chi connectivity index (χ0) is 21.6. The number of alkyl halides is 3. The van der Waals surface area contributed by atoms with Crippen molar-refractivity contribution in [1.29, 1.82) is 0 Å². The molecule has 7 nitrogen and oxygen atoms in total. The summed E-state index contributed by atoms with van der Waals surface area (Å²) < 4.78 is 90.1. The summed E-state index contributed by atoms with van der Waals surface area (Å²) in [6, 6.07) is 6.87. The van der Waals surface area contributed by atoms with Crippen molar-refractivity contribution < 1.29 is 34.8 Å². The van der Waals surface area contributed by atoms with Gasteiger partial charge in [-0.1, -0.05) is 11.6 Å². The van der Waals surface area contributed by atoms with E-state index >= 15 is 0 Å². The van der Waals surface area contributed by atoms with Crippen molar-refractivity contribution in [1.82, 2.24) is 0 Å². The lowest BCUT2D eigenvalue weighted by atomic mass is 10.2. The Morgan fingerprint density at radius 2 is 1.69 bits per heavy atom. The molecular weight excluding hydrogens is 457 g/mol. The lowest BCUT2D eigenvalue weighted by Crippen LogP contribution is -2.29. The standard InChI is InChI=1S/C16H12ClF3N2O5S2/c17-14-6-1-10(9-13(14)16(18,19)20)21-29(26,27)12-4-2-11(3-5-12)22-15(23)7-8-28(22,24)25/h1-6,9,21H,7-8H2. The van der Waals surface area contributed by atoms with Crippen LogP contribution in [0, 0.1) is 0 Å². The van der Waals surface area contributed by atoms with Gasteiger partial charge in [0.15, 0.2) is 0 Å². The Bertz CT molecular complexity index is 1180. The highest BCUT2D eigenvalue weighted by Gasteiger charge is 2.36. The summed E-state index contributed by atoms with van der Waals surface area (Å²) in [6.45, 7) is 0. The Labute approximate surface area is 169 Å². The molecule has 1 aliphatic heterocycles. The molecule has 2 aromatic carbocycles. The van der Waals surface area contributed by atoms with Gasteiger partial charge in [-0.15, -0.1) is 0 Å². The van der Waals surface area contributed by atoms with Crippen LogP contribution in [0.5, 0.6) is 0 Å². The van der Waals surface area contributed by atoms with Gasteiger partial charge in [-0.25, -0.2) is 21.1 Å². The van der Waals surface area contributed by atoms with Crippen molar-refractivity contribution >= 4 is 48.9 Å². The number of halogens is 4. The first-order chi connectivity index (χ1) is 13.3. The number of carbonyl (C=O) groups is 1. The molecule has 156 valence electrons. The predicted octanol–water partition coefficient (Wildman–Crippen LogP) is 3.23. The Morgan fingerprint density at radius 3 is 2.21 bits per heavy atom. The van der Waals surface area contributed by atoms with Gasteiger partial charge >= 0.3 is 6.18 Å². The Morgan fingerprint density at radius 1 is 1.07 bits per heavy atom. The Balaban J connectivity index is 1.89. The summed E-state index contributed by atoms with van der Waals surface area (Å²) in [4.78, 5) is 11.4. The van der Waals surface area contributed by atoms with Crippen LogP contribution in [0.1, 0.15) is 12.0 Å². The number of amides is 1. The van der Waals surface area contributed by atoms with Gasteiger partial charge in [-0.2, -0.15) is 13.2 Å². The van der Waals surface area contributed by atoms with Crippen molar-refractivity contribution in [2.45, 2.75) is 17.5 Å². The first kappa shape index (κ1) is 21.4. The third kappa shape index (κ3) is 4.33. The van der Waals surface area contributed by atoms with E-state index in [0.29, 0.717) is 10.4 Å². The summed E-state index contributed by atoms with van der Waals surface area (Å²) in [5, 5.41) is -0.582. The van der Waals surface area contributed by atoms with Crippen LogP contribution in [0.2, 0.25) is 5.02 Å². The molecule has 0 saturated carbocycles. The maximum Gasteiger partial charge on any atom is 0.417 e. The first-order valence-electron chi connectivity index (χ1n) is 7.87. The second-order valence-corrected chi connectivity index (χ2v) is 10.0. The number of hydrogen-bond donors (Lipinski definition) is 1.